The molecule has 1 aliphatic rings. The summed E-state index contributed by atoms with van der Waals surface area (Å²) in [5, 5.41) is 0. The number of nitrogens with zero attached hydrogens (tertiary/aromatic N) is 1. The van der Waals surface area contributed by atoms with Crippen molar-refractivity contribution in [3.05, 3.63) is 0 Å². The van der Waals surface area contributed by atoms with Crippen molar-refractivity contribution < 1.29 is 14.3 Å². The van der Waals surface area contributed by atoms with Gasteiger partial charge in [-0.05, 0) is 33.2 Å². The molecule has 1 aliphatic heterocycles. The standard InChI is InChI=1S/C11H19NO3/c1-8(13)7-10-5-4-6-12(10)9(2)11(14)15-3/h9-10H,4-7H2,1-3H3. The fourth-order valence-electron chi connectivity index (χ4n) is 2.22. The molecule has 0 saturated carbocycles. The fraction of sp³-hybridized carbons (Fsp3) is 0.818. The molecule has 2 atom stereocenters. The SMILES string of the molecule is COC(=O)C(C)N1CCCC1CC(C)=O. The molecule has 0 aromatic carbocycles. The van der Waals surface area contributed by atoms with Gasteiger partial charge in [-0.25, -0.2) is 0 Å². The smallest absolute Gasteiger partial charge is 0.322 e. The van der Waals surface area contributed by atoms with Crippen LogP contribution in [0.4, 0.5) is 0 Å². The van der Waals surface area contributed by atoms with Gasteiger partial charge in [0, 0.05) is 12.5 Å². The van der Waals surface area contributed by atoms with Crippen molar-refractivity contribution >= 4 is 11.8 Å². The predicted molar refractivity (Wildman–Crippen MR) is 56.5 cm³/mol. The quantitative estimate of drug-likeness (QED) is 0.653. The zero-order valence-corrected chi connectivity index (χ0v) is 9.66. The number of likely N-dealkylation sites (tertiary alicyclic amines) is 1. The Hall–Kier alpha value is -0.900. The van der Waals surface area contributed by atoms with Gasteiger partial charge < -0.3 is 4.74 Å². The Morgan fingerprint density at radius 2 is 2.20 bits per heavy atom. The van der Waals surface area contributed by atoms with Gasteiger partial charge in [-0.2, -0.15) is 0 Å². The Morgan fingerprint density at radius 1 is 1.53 bits per heavy atom. The van der Waals surface area contributed by atoms with Crippen molar-refractivity contribution in [2.45, 2.75) is 45.2 Å². The maximum Gasteiger partial charge on any atom is 0.322 e. The van der Waals surface area contributed by atoms with E-state index in [0.717, 1.165) is 19.4 Å². The van der Waals surface area contributed by atoms with Crippen LogP contribution in [0.2, 0.25) is 0 Å². The Kier molecular flexibility index (Phi) is 4.27. The number of rotatable bonds is 4. The van der Waals surface area contributed by atoms with E-state index in [1.807, 2.05) is 6.92 Å². The summed E-state index contributed by atoms with van der Waals surface area (Å²) >= 11 is 0. The zero-order chi connectivity index (χ0) is 11.4. The Balaban J connectivity index is 2.59. The first kappa shape index (κ1) is 12.2. The van der Waals surface area contributed by atoms with Crippen LogP contribution < -0.4 is 0 Å². The predicted octanol–water partition coefficient (Wildman–Crippen LogP) is 0.991. The minimum absolute atomic E-state index is 0.184. The minimum atomic E-state index is -0.234. The van der Waals surface area contributed by atoms with Crippen molar-refractivity contribution in [3.8, 4) is 0 Å². The lowest BCUT2D eigenvalue weighted by Crippen LogP contribution is -2.43. The molecule has 15 heavy (non-hydrogen) atoms. The number of carbonyl (C=O) groups excluding carboxylic acids is 2. The van der Waals surface area contributed by atoms with Crippen LogP contribution in [-0.4, -0.2) is 42.4 Å². The molecule has 0 aromatic rings. The third kappa shape index (κ3) is 3.02. The van der Waals surface area contributed by atoms with Gasteiger partial charge in [0.05, 0.1) is 7.11 Å². The van der Waals surface area contributed by atoms with E-state index in [4.69, 9.17) is 4.74 Å². The van der Waals surface area contributed by atoms with Crippen LogP contribution in [0.3, 0.4) is 0 Å². The molecule has 0 aromatic heterocycles. The van der Waals surface area contributed by atoms with Gasteiger partial charge >= 0.3 is 5.97 Å². The van der Waals surface area contributed by atoms with Gasteiger partial charge in [0.15, 0.2) is 0 Å². The Bertz CT molecular complexity index is 252. The van der Waals surface area contributed by atoms with Gasteiger partial charge in [0.25, 0.3) is 0 Å². The van der Waals surface area contributed by atoms with Crippen molar-refractivity contribution in [1.29, 1.82) is 0 Å². The number of esters is 1. The highest BCUT2D eigenvalue weighted by molar-refractivity contribution is 5.77. The lowest BCUT2D eigenvalue weighted by atomic mass is 10.1. The van der Waals surface area contributed by atoms with Crippen LogP contribution in [0.5, 0.6) is 0 Å². The van der Waals surface area contributed by atoms with Crippen molar-refractivity contribution in [2.24, 2.45) is 0 Å². The largest absolute Gasteiger partial charge is 0.468 e. The Morgan fingerprint density at radius 3 is 2.73 bits per heavy atom. The van der Waals surface area contributed by atoms with E-state index in [1.165, 1.54) is 7.11 Å². The van der Waals surface area contributed by atoms with E-state index in [2.05, 4.69) is 4.90 Å². The molecular weight excluding hydrogens is 194 g/mol. The first-order valence-electron chi connectivity index (χ1n) is 5.39. The second kappa shape index (κ2) is 5.26. The summed E-state index contributed by atoms with van der Waals surface area (Å²) in [6.07, 6.45) is 2.60. The van der Waals surface area contributed by atoms with Crippen molar-refractivity contribution in [3.63, 3.8) is 0 Å². The molecule has 1 rings (SSSR count). The summed E-state index contributed by atoms with van der Waals surface area (Å²) in [6, 6.07) is -0.0153. The van der Waals surface area contributed by atoms with Gasteiger partial charge in [0.2, 0.25) is 0 Å². The minimum Gasteiger partial charge on any atom is -0.468 e. The topological polar surface area (TPSA) is 46.6 Å². The number of carbonyl (C=O) groups is 2. The van der Waals surface area contributed by atoms with Crippen LogP contribution in [-0.2, 0) is 14.3 Å². The number of ketones is 1. The molecule has 0 amide bonds. The van der Waals surface area contributed by atoms with E-state index in [9.17, 15) is 9.59 Å². The van der Waals surface area contributed by atoms with Crippen LogP contribution in [0.15, 0.2) is 0 Å². The average Bonchev–Trinajstić information content (AvgIpc) is 2.62. The molecule has 0 N–H and O–H groups in total. The molecule has 4 nitrogen and oxygen atoms in total. The van der Waals surface area contributed by atoms with Crippen molar-refractivity contribution in [1.82, 2.24) is 4.90 Å². The highest BCUT2D eigenvalue weighted by Crippen LogP contribution is 2.23. The molecular formula is C11H19NO3. The monoisotopic (exact) mass is 213 g/mol. The summed E-state index contributed by atoms with van der Waals surface area (Å²) in [5.41, 5.74) is 0. The van der Waals surface area contributed by atoms with E-state index in [0.29, 0.717) is 6.42 Å². The second-order valence-electron chi connectivity index (χ2n) is 4.14. The second-order valence-corrected chi connectivity index (χ2v) is 4.14. The molecule has 0 aliphatic carbocycles. The van der Waals surface area contributed by atoms with E-state index >= 15 is 0 Å². The van der Waals surface area contributed by atoms with E-state index in [1.54, 1.807) is 6.92 Å². The summed E-state index contributed by atoms with van der Waals surface area (Å²) in [5.74, 6) is -0.0329. The Labute approximate surface area is 90.6 Å². The molecule has 1 fully saturated rings. The van der Waals surface area contributed by atoms with Gasteiger partial charge in [-0.1, -0.05) is 0 Å². The summed E-state index contributed by atoms with van der Waals surface area (Å²) in [7, 11) is 1.40. The van der Waals surface area contributed by atoms with Crippen LogP contribution in [0.25, 0.3) is 0 Å². The highest BCUT2D eigenvalue weighted by Gasteiger charge is 2.32. The third-order valence-corrected chi connectivity index (χ3v) is 2.99. The molecule has 1 heterocycles. The van der Waals surface area contributed by atoms with Crippen molar-refractivity contribution in [2.75, 3.05) is 13.7 Å². The normalized spacial score (nSPS) is 23.8. The number of ether oxygens (including phenoxy) is 1. The third-order valence-electron chi connectivity index (χ3n) is 2.99. The zero-order valence-electron chi connectivity index (χ0n) is 9.66. The maximum atomic E-state index is 11.4. The van der Waals surface area contributed by atoms with Crippen LogP contribution in [0, 0.1) is 0 Å². The first-order valence-corrected chi connectivity index (χ1v) is 5.39. The number of methoxy groups -OCH3 is 1. The molecule has 86 valence electrons. The van der Waals surface area contributed by atoms with Crippen LogP contribution in [0.1, 0.15) is 33.1 Å². The first-order chi connectivity index (χ1) is 7.06. The molecule has 0 bridgehead atoms. The van der Waals surface area contributed by atoms with E-state index < -0.39 is 0 Å². The summed E-state index contributed by atoms with van der Waals surface area (Å²) in [4.78, 5) is 24.5. The van der Waals surface area contributed by atoms with Gasteiger partial charge in [-0.3, -0.25) is 14.5 Å². The lowest BCUT2D eigenvalue weighted by Gasteiger charge is -2.28. The highest BCUT2D eigenvalue weighted by atomic mass is 16.5. The molecule has 0 radical (unpaired) electrons. The number of hydrogen-bond acceptors (Lipinski definition) is 4. The molecule has 0 spiro atoms. The summed E-state index contributed by atoms with van der Waals surface area (Å²) < 4.78 is 4.71. The molecule has 4 heteroatoms. The van der Waals surface area contributed by atoms with E-state index in [-0.39, 0.29) is 23.8 Å². The molecule has 1 saturated heterocycles. The summed E-state index contributed by atoms with van der Waals surface area (Å²) in [6.45, 7) is 4.32. The van der Waals surface area contributed by atoms with Crippen LogP contribution >= 0.6 is 0 Å². The fourth-order valence-corrected chi connectivity index (χ4v) is 2.22. The number of hydrogen-bond donors (Lipinski definition) is 0. The van der Waals surface area contributed by atoms with Gasteiger partial charge in [0.1, 0.15) is 11.8 Å². The lowest BCUT2D eigenvalue weighted by molar-refractivity contribution is -0.147. The maximum absolute atomic E-state index is 11.4. The number of Topliss-reactive ketones (excluding diaryl/α,β-unsaturated/α-hetero) is 1. The van der Waals surface area contributed by atoms with Gasteiger partial charge in [-0.15, -0.1) is 0 Å². The average molecular weight is 213 g/mol. The molecule has 2 unspecified atom stereocenters.